The summed E-state index contributed by atoms with van der Waals surface area (Å²) in [6, 6.07) is 5.01. The Kier molecular flexibility index (Phi) is 4.50. The Morgan fingerprint density at radius 3 is 2.80 bits per heavy atom. The second kappa shape index (κ2) is 6.60. The highest BCUT2D eigenvalue weighted by molar-refractivity contribution is 7.93. The van der Waals surface area contributed by atoms with Gasteiger partial charge in [-0.15, -0.1) is 0 Å². The Morgan fingerprint density at radius 2 is 2.12 bits per heavy atom. The van der Waals surface area contributed by atoms with Crippen molar-refractivity contribution in [3.05, 3.63) is 63.0 Å². The molecule has 1 aromatic heterocycles. The van der Waals surface area contributed by atoms with Gasteiger partial charge in [0.25, 0.3) is 17.9 Å². The van der Waals surface area contributed by atoms with Crippen LogP contribution in [0.5, 0.6) is 0 Å². The van der Waals surface area contributed by atoms with Crippen LogP contribution in [0.3, 0.4) is 0 Å². The maximum absolute atomic E-state index is 12.4. The van der Waals surface area contributed by atoms with E-state index >= 15 is 0 Å². The van der Waals surface area contributed by atoms with Crippen molar-refractivity contribution < 1.29 is 9.12 Å². The van der Waals surface area contributed by atoms with Crippen LogP contribution >= 0.6 is 11.9 Å². The van der Waals surface area contributed by atoms with Gasteiger partial charge in [-0.25, -0.2) is 0 Å². The molecule has 2 aromatic rings. The summed E-state index contributed by atoms with van der Waals surface area (Å²) in [4.78, 5) is 23.6. The van der Waals surface area contributed by atoms with Gasteiger partial charge in [-0.05, 0) is 38.1 Å². The fraction of sp³-hybridized carbons (Fsp3) is 0.167. The highest BCUT2D eigenvalue weighted by Gasteiger charge is 2.26. The molecular weight excluding hydrogens is 338 g/mol. The fourth-order valence-corrected chi connectivity index (χ4v) is 3.35. The molecule has 0 unspecified atom stereocenters. The average Bonchev–Trinajstić information content (AvgIpc) is 2.99. The van der Waals surface area contributed by atoms with E-state index in [1.54, 1.807) is 18.2 Å². The minimum atomic E-state index is -0.458. The van der Waals surface area contributed by atoms with E-state index in [0.717, 1.165) is 16.8 Å². The SMILES string of the molecule is C/C=C\c1c(/C=C2\C(=O)Nc3ccc(S[N+](=O)[O-])cc32)cn(C)c1C. The molecule has 1 aliphatic heterocycles. The third-order valence-electron chi connectivity index (χ3n) is 4.15. The number of nitrogens with one attached hydrogen (secondary N) is 1. The molecule has 0 aliphatic carbocycles. The maximum atomic E-state index is 12.4. The number of hydrogen-bond donors (Lipinski definition) is 1. The van der Waals surface area contributed by atoms with Crippen molar-refractivity contribution >= 4 is 41.3 Å². The monoisotopic (exact) mass is 355 g/mol. The molecule has 3 rings (SSSR count). The second-order valence-corrected chi connectivity index (χ2v) is 6.68. The predicted molar refractivity (Wildman–Crippen MR) is 101 cm³/mol. The van der Waals surface area contributed by atoms with Crippen LogP contribution in [0, 0.1) is 17.0 Å². The first-order valence-corrected chi connectivity index (χ1v) is 8.46. The normalized spacial score (nSPS) is 15.0. The van der Waals surface area contributed by atoms with Crippen molar-refractivity contribution in [1.29, 1.82) is 0 Å². The van der Waals surface area contributed by atoms with Crippen molar-refractivity contribution in [3.63, 3.8) is 0 Å². The van der Waals surface area contributed by atoms with Crippen LogP contribution in [0.15, 0.2) is 35.4 Å². The number of nitrogens with zero attached hydrogens (tertiary/aromatic N) is 2. The molecule has 0 bridgehead atoms. The zero-order valence-electron chi connectivity index (χ0n) is 14.1. The fourth-order valence-electron chi connectivity index (χ4n) is 2.88. The molecule has 25 heavy (non-hydrogen) atoms. The molecular formula is C18H17N3O3S. The third-order valence-corrected chi connectivity index (χ3v) is 4.76. The largest absolute Gasteiger partial charge is 0.353 e. The molecule has 0 spiro atoms. The minimum Gasteiger partial charge on any atom is -0.353 e. The zero-order valence-corrected chi connectivity index (χ0v) is 14.9. The lowest BCUT2D eigenvalue weighted by Gasteiger charge is -2.01. The van der Waals surface area contributed by atoms with Gasteiger partial charge in [0.15, 0.2) is 0 Å². The van der Waals surface area contributed by atoms with Gasteiger partial charge < -0.3 is 9.88 Å². The molecule has 0 fully saturated rings. The van der Waals surface area contributed by atoms with E-state index in [2.05, 4.69) is 5.32 Å². The zero-order chi connectivity index (χ0) is 18.1. The van der Waals surface area contributed by atoms with Crippen molar-refractivity contribution in [3.8, 4) is 0 Å². The van der Waals surface area contributed by atoms with Crippen LogP contribution in [0.25, 0.3) is 17.7 Å². The quantitative estimate of drug-likeness (QED) is 0.387. The highest BCUT2D eigenvalue weighted by atomic mass is 32.2. The second-order valence-electron chi connectivity index (χ2n) is 5.73. The first-order valence-electron chi connectivity index (χ1n) is 7.69. The van der Waals surface area contributed by atoms with Gasteiger partial charge in [0.05, 0.1) is 4.90 Å². The number of nitro groups is 1. The number of anilines is 1. The van der Waals surface area contributed by atoms with Gasteiger partial charge in [-0.2, -0.15) is 0 Å². The summed E-state index contributed by atoms with van der Waals surface area (Å²) in [6.07, 6.45) is 7.77. The number of allylic oxidation sites excluding steroid dienone is 1. The number of aromatic nitrogens is 1. The summed E-state index contributed by atoms with van der Waals surface area (Å²) in [7, 11) is 1.96. The van der Waals surface area contributed by atoms with Crippen LogP contribution < -0.4 is 5.32 Å². The number of fused-ring (bicyclic) bond motifs is 1. The Labute approximate surface area is 149 Å². The first kappa shape index (κ1) is 17.0. The standard InChI is InChI=1S/C18H17N3O3S/c1-4-5-14-11(2)20(3)10-12(14)8-16-15-9-13(25-21(23)24)6-7-17(15)19-18(16)22/h4-10H,1-3H3,(H,19,22)/b5-4-,16-8-. The first-order chi connectivity index (χ1) is 11.9. The van der Waals surface area contributed by atoms with Gasteiger partial charge in [-0.1, -0.05) is 12.2 Å². The Bertz CT molecular complexity index is 941. The molecule has 6 nitrogen and oxygen atoms in total. The minimum absolute atomic E-state index is 0.203. The molecule has 128 valence electrons. The molecule has 1 amide bonds. The van der Waals surface area contributed by atoms with Crippen LogP contribution in [-0.2, 0) is 11.8 Å². The number of rotatable bonds is 4. The van der Waals surface area contributed by atoms with E-state index in [0.29, 0.717) is 33.7 Å². The van der Waals surface area contributed by atoms with Crippen molar-refractivity contribution in [1.82, 2.24) is 4.57 Å². The van der Waals surface area contributed by atoms with Crippen LogP contribution in [0.2, 0.25) is 0 Å². The van der Waals surface area contributed by atoms with Gasteiger partial charge in [0.2, 0.25) is 0 Å². The molecule has 0 saturated heterocycles. The summed E-state index contributed by atoms with van der Waals surface area (Å²) in [5.74, 6) is -0.203. The van der Waals surface area contributed by atoms with E-state index in [-0.39, 0.29) is 5.91 Å². The van der Waals surface area contributed by atoms with Crippen LogP contribution in [-0.4, -0.2) is 14.8 Å². The maximum Gasteiger partial charge on any atom is 0.265 e. The van der Waals surface area contributed by atoms with E-state index in [9.17, 15) is 14.9 Å². The molecule has 2 heterocycles. The molecule has 1 aliphatic rings. The van der Waals surface area contributed by atoms with E-state index in [1.165, 1.54) is 0 Å². The molecule has 0 atom stereocenters. The topological polar surface area (TPSA) is 77.2 Å². The van der Waals surface area contributed by atoms with E-state index < -0.39 is 4.33 Å². The summed E-state index contributed by atoms with van der Waals surface area (Å²) >= 11 is 0.532. The average molecular weight is 355 g/mol. The van der Waals surface area contributed by atoms with Gasteiger partial charge in [0.1, 0.15) is 4.33 Å². The Hall–Kier alpha value is -2.80. The van der Waals surface area contributed by atoms with Crippen molar-refractivity contribution in [2.24, 2.45) is 7.05 Å². The smallest absolute Gasteiger partial charge is 0.265 e. The number of aryl methyl sites for hydroxylation is 1. The van der Waals surface area contributed by atoms with Crippen LogP contribution in [0.1, 0.15) is 29.3 Å². The lowest BCUT2D eigenvalue weighted by Crippen LogP contribution is -2.03. The van der Waals surface area contributed by atoms with Crippen molar-refractivity contribution in [2.75, 3.05) is 5.32 Å². The van der Waals surface area contributed by atoms with Crippen molar-refractivity contribution in [2.45, 2.75) is 18.7 Å². The Balaban J connectivity index is 2.11. The number of amides is 1. The molecule has 1 aromatic carbocycles. The molecule has 7 heteroatoms. The summed E-state index contributed by atoms with van der Waals surface area (Å²) in [6.45, 7) is 3.97. The van der Waals surface area contributed by atoms with E-state index in [4.69, 9.17) is 0 Å². The summed E-state index contributed by atoms with van der Waals surface area (Å²) < 4.78 is 1.55. The lowest BCUT2D eigenvalue weighted by atomic mass is 10.0. The molecule has 1 N–H and O–H groups in total. The number of benzene rings is 1. The Morgan fingerprint density at radius 1 is 1.36 bits per heavy atom. The number of carbonyl (C=O) groups excluding carboxylic acids is 1. The van der Waals surface area contributed by atoms with Gasteiger partial charge in [0, 0.05) is 46.9 Å². The summed E-state index contributed by atoms with van der Waals surface area (Å²) in [5, 5.41) is 13.5. The summed E-state index contributed by atoms with van der Waals surface area (Å²) in [5.41, 5.74) is 4.95. The van der Waals surface area contributed by atoms with Crippen LogP contribution in [0.4, 0.5) is 5.69 Å². The molecule has 0 saturated carbocycles. The number of carbonyl (C=O) groups is 1. The van der Waals surface area contributed by atoms with Gasteiger partial charge in [-0.3, -0.25) is 14.9 Å². The lowest BCUT2D eigenvalue weighted by molar-refractivity contribution is -0.284. The highest BCUT2D eigenvalue weighted by Crippen LogP contribution is 2.37. The molecule has 0 radical (unpaired) electrons. The van der Waals surface area contributed by atoms with Gasteiger partial charge >= 0.3 is 0 Å². The van der Waals surface area contributed by atoms with E-state index in [1.807, 2.05) is 49.9 Å². The predicted octanol–water partition coefficient (Wildman–Crippen LogP) is 4.14. The number of hydrogen-bond acceptors (Lipinski definition) is 4. The third kappa shape index (κ3) is 3.23.